The van der Waals surface area contributed by atoms with Crippen LogP contribution >= 0.6 is 11.8 Å². The highest BCUT2D eigenvalue weighted by Gasteiger charge is 2.33. The van der Waals surface area contributed by atoms with Gasteiger partial charge in [0.15, 0.2) is 0 Å². The highest BCUT2D eigenvalue weighted by molar-refractivity contribution is 8.00. The molecule has 2 heterocycles. The van der Waals surface area contributed by atoms with Gasteiger partial charge in [-0.1, -0.05) is 42.1 Å². The lowest BCUT2D eigenvalue weighted by Crippen LogP contribution is -2.31. The molecule has 2 aromatic rings. The monoisotopic (exact) mass is 329 g/mol. The Morgan fingerprint density at radius 1 is 1.17 bits per heavy atom. The molecule has 0 N–H and O–H groups in total. The first-order valence-corrected chi connectivity index (χ1v) is 8.99. The van der Waals surface area contributed by atoms with Gasteiger partial charge in [0.2, 0.25) is 11.1 Å². The average Bonchev–Trinajstić information content (AvgIpc) is 3.10. The van der Waals surface area contributed by atoms with Crippen molar-refractivity contribution in [2.45, 2.75) is 42.1 Å². The van der Waals surface area contributed by atoms with Crippen LogP contribution in [0.15, 0.2) is 35.5 Å². The lowest BCUT2D eigenvalue weighted by Gasteiger charge is -2.22. The number of carbonyl (C=O) groups is 1. The van der Waals surface area contributed by atoms with Gasteiger partial charge in [-0.15, -0.1) is 5.10 Å². The van der Waals surface area contributed by atoms with Gasteiger partial charge in [-0.05, 0) is 41.7 Å². The number of rotatable bonds is 5. The van der Waals surface area contributed by atoms with Gasteiger partial charge in [0.25, 0.3) is 0 Å². The summed E-state index contributed by atoms with van der Waals surface area (Å²) in [6, 6.07) is 10.4. The molecule has 1 amide bonds. The third-order valence-corrected chi connectivity index (χ3v) is 5.51. The molecule has 7 heteroatoms. The average molecular weight is 329 g/mol. The number of thioether (sulfide) groups is 1. The van der Waals surface area contributed by atoms with Crippen molar-refractivity contribution in [2.75, 3.05) is 13.1 Å². The Kier molecular flexibility index (Phi) is 4.03. The van der Waals surface area contributed by atoms with Crippen molar-refractivity contribution in [3.8, 4) is 0 Å². The number of hydrogen-bond donors (Lipinski definition) is 0. The van der Waals surface area contributed by atoms with E-state index < -0.39 is 0 Å². The number of hydrogen-bond acceptors (Lipinski definition) is 5. The van der Waals surface area contributed by atoms with Crippen LogP contribution < -0.4 is 0 Å². The van der Waals surface area contributed by atoms with Crippen LogP contribution in [0.5, 0.6) is 0 Å². The van der Waals surface area contributed by atoms with Crippen molar-refractivity contribution in [3.05, 3.63) is 35.9 Å². The molecule has 1 atom stereocenters. The molecule has 1 aliphatic heterocycles. The maximum Gasteiger partial charge on any atom is 0.240 e. The molecule has 1 aliphatic carbocycles. The molecule has 120 valence electrons. The lowest BCUT2D eigenvalue weighted by atomic mass is 10.1. The van der Waals surface area contributed by atoms with E-state index in [0.717, 1.165) is 49.5 Å². The maximum absolute atomic E-state index is 13.0. The van der Waals surface area contributed by atoms with Crippen LogP contribution in [0, 0.1) is 0 Å². The van der Waals surface area contributed by atoms with E-state index in [1.54, 1.807) is 0 Å². The maximum atomic E-state index is 13.0. The summed E-state index contributed by atoms with van der Waals surface area (Å²) in [6.45, 7) is 1.71. The van der Waals surface area contributed by atoms with E-state index in [0.29, 0.717) is 6.04 Å². The van der Waals surface area contributed by atoms with Crippen LogP contribution in [-0.4, -0.2) is 44.1 Å². The lowest BCUT2D eigenvalue weighted by molar-refractivity contribution is -0.129. The number of tetrazole rings is 1. The third-order valence-electron chi connectivity index (χ3n) is 4.32. The molecule has 1 saturated carbocycles. The summed E-state index contributed by atoms with van der Waals surface area (Å²) in [5.74, 6) is 0.170. The van der Waals surface area contributed by atoms with E-state index in [4.69, 9.17) is 0 Å². The largest absolute Gasteiger partial charge is 0.341 e. The summed E-state index contributed by atoms with van der Waals surface area (Å²) in [5.41, 5.74) is 1.01. The number of likely N-dealkylation sites (tertiary alicyclic amines) is 1. The highest BCUT2D eigenvalue weighted by atomic mass is 32.2. The number of aromatic nitrogens is 4. The number of amides is 1. The molecule has 23 heavy (non-hydrogen) atoms. The molecular weight excluding hydrogens is 310 g/mol. The Morgan fingerprint density at radius 2 is 1.91 bits per heavy atom. The summed E-state index contributed by atoms with van der Waals surface area (Å²) in [6.07, 6.45) is 4.43. The number of nitrogens with zero attached hydrogens (tertiary/aromatic N) is 5. The van der Waals surface area contributed by atoms with Gasteiger partial charge in [0, 0.05) is 13.1 Å². The van der Waals surface area contributed by atoms with Crippen molar-refractivity contribution in [1.82, 2.24) is 25.1 Å². The van der Waals surface area contributed by atoms with Gasteiger partial charge in [0.05, 0.1) is 6.04 Å². The fourth-order valence-corrected chi connectivity index (χ4v) is 4.04. The quantitative estimate of drug-likeness (QED) is 0.789. The molecule has 4 rings (SSSR count). The van der Waals surface area contributed by atoms with E-state index in [1.807, 2.05) is 39.9 Å². The number of carbonyl (C=O) groups excluding carboxylic acids is 1. The Hall–Kier alpha value is -1.89. The molecule has 6 nitrogen and oxygen atoms in total. The molecular formula is C16H19N5OS. The molecule has 1 aromatic carbocycles. The third kappa shape index (κ3) is 3.10. The van der Waals surface area contributed by atoms with Gasteiger partial charge >= 0.3 is 0 Å². The highest BCUT2D eigenvalue weighted by Crippen LogP contribution is 2.41. The fourth-order valence-electron chi connectivity index (χ4n) is 2.91. The van der Waals surface area contributed by atoms with E-state index >= 15 is 0 Å². The van der Waals surface area contributed by atoms with Gasteiger partial charge in [-0.25, -0.2) is 4.68 Å². The molecule has 2 aliphatic rings. The van der Waals surface area contributed by atoms with Crippen LogP contribution in [0.2, 0.25) is 0 Å². The van der Waals surface area contributed by atoms with Crippen molar-refractivity contribution in [2.24, 2.45) is 0 Å². The summed E-state index contributed by atoms with van der Waals surface area (Å²) in [5, 5.41) is 12.5. The van der Waals surface area contributed by atoms with E-state index in [-0.39, 0.29) is 11.2 Å². The van der Waals surface area contributed by atoms with Crippen molar-refractivity contribution >= 4 is 17.7 Å². The van der Waals surface area contributed by atoms with E-state index in [2.05, 4.69) is 15.5 Å². The minimum absolute atomic E-state index is 0.170. The van der Waals surface area contributed by atoms with Crippen LogP contribution in [0.1, 0.15) is 42.5 Å². The van der Waals surface area contributed by atoms with E-state index in [1.165, 1.54) is 11.8 Å². The number of benzene rings is 1. The molecule has 2 fully saturated rings. The zero-order chi connectivity index (χ0) is 15.6. The predicted molar refractivity (Wildman–Crippen MR) is 86.9 cm³/mol. The van der Waals surface area contributed by atoms with E-state index in [9.17, 15) is 4.79 Å². The zero-order valence-corrected chi connectivity index (χ0v) is 13.7. The SMILES string of the molecule is O=C(C(Sc1nnnn1C1CC1)c1ccccc1)N1CCCC1. The second-order valence-corrected chi connectivity index (χ2v) is 7.15. The Morgan fingerprint density at radius 3 is 2.61 bits per heavy atom. The van der Waals surface area contributed by atoms with Gasteiger partial charge in [0.1, 0.15) is 5.25 Å². The molecule has 0 spiro atoms. The molecule has 1 unspecified atom stereocenters. The van der Waals surface area contributed by atoms with Gasteiger partial charge in [-0.3, -0.25) is 4.79 Å². The Bertz CT molecular complexity index is 679. The molecule has 1 aromatic heterocycles. The van der Waals surface area contributed by atoms with Crippen LogP contribution in [-0.2, 0) is 4.79 Å². The Balaban J connectivity index is 1.61. The molecule has 0 bridgehead atoms. The summed E-state index contributed by atoms with van der Waals surface area (Å²) >= 11 is 1.47. The summed E-state index contributed by atoms with van der Waals surface area (Å²) in [7, 11) is 0. The molecule has 1 saturated heterocycles. The first kappa shape index (κ1) is 14.7. The normalized spacial score (nSPS) is 19.0. The minimum atomic E-state index is -0.280. The smallest absolute Gasteiger partial charge is 0.240 e. The standard InChI is InChI=1S/C16H19N5OS/c22-15(20-10-4-5-11-20)14(12-6-2-1-3-7-12)23-16-17-18-19-21(16)13-8-9-13/h1-3,6-7,13-14H,4-5,8-11H2. The van der Waals surface area contributed by atoms with Gasteiger partial charge in [-0.2, -0.15) is 0 Å². The van der Waals surface area contributed by atoms with Crippen molar-refractivity contribution in [3.63, 3.8) is 0 Å². The first-order valence-electron chi connectivity index (χ1n) is 8.11. The zero-order valence-electron chi connectivity index (χ0n) is 12.8. The first-order chi connectivity index (χ1) is 11.3. The second-order valence-electron chi connectivity index (χ2n) is 6.08. The van der Waals surface area contributed by atoms with Crippen LogP contribution in [0.25, 0.3) is 0 Å². The fraction of sp³-hybridized carbons (Fsp3) is 0.500. The Labute approximate surface area is 139 Å². The predicted octanol–water partition coefficient (Wildman–Crippen LogP) is 2.46. The minimum Gasteiger partial charge on any atom is -0.341 e. The summed E-state index contributed by atoms with van der Waals surface area (Å²) in [4.78, 5) is 15.0. The topological polar surface area (TPSA) is 63.9 Å². The van der Waals surface area contributed by atoms with Crippen LogP contribution in [0.4, 0.5) is 0 Å². The second kappa shape index (κ2) is 6.31. The molecule has 0 radical (unpaired) electrons. The van der Waals surface area contributed by atoms with Crippen molar-refractivity contribution < 1.29 is 4.79 Å². The van der Waals surface area contributed by atoms with Crippen LogP contribution in [0.3, 0.4) is 0 Å². The van der Waals surface area contributed by atoms with Crippen molar-refractivity contribution in [1.29, 1.82) is 0 Å². The van der Waals surface area contributed by atoms with Gasteiger partial charge < -0.3 is 4.90 Å². The summed E-state index contributed by atoms with van der Waals surface area (Å²) < 4.78 is 1.87.